The number of benzene rings is 2. The minimum Gasteiger partial charge on any atom is -0.493 e. The summed E-state index contributed by atoms with van der Waals surface area (Å²) in [4.78, 5) is 28.1. The van der Waals surface area contributed by atoms with E-state index in [-0.39, 0.29) is 22.7 Å². The molecule has 30 heavy (non-hydrogen) atoms. The molecule has 0 radical (unpaired) electrons. The van der Waals surface area contributed by atoms with E-state index in [1.165, 1.54) is 30.6 Å². The van der Waals surface area contributed by atoms with Crippen LogP contribution in [0.1, 0.15) is 28.4 Å². The predicted octanol–water partition coefficient (Wildman–Crippen LogP) is 4.99. The van der Waals surface area contributed by atoms with Crippen LogP contribution in [0.5, 0.6) is 11.5 Å². The fourth-order valence-corrected chi connectivity index (χ4v) is 3.74. The van der Waals surface area contributed by atoms with Crippen LogP contribution in [0, 0.1) is 24.0 Å². The number of ether oxygens (including phenoxy) is 2. The van der Waals surface area contributed by atoms with Crippen LogP contribution in [-0.4, -0.2) is 29.5 Å². The average Bonchev–Trinajstić information content (AvgIpc) is 3.15. The highest BCUT2D eigenvalue weighted by Gasteiger charge is 2.25. The minimum atomic E-state index is -0.646. The van der Waals surface area contributed by atoms with Gasteiger partial charge in [0.25, 0.3) is 11.6 Å². The zero-order valence-corrected chi connectivity index (χ0v) is 17.8. The van der Waals surface area contributed by atoms with Crippen molar-refractivity contribution in [1.82, 2.24) is 4.98 Å². The number of hydrogen-bond acceptors (Lipinski definition) is 7. The highest BCUT2D eigenvalue weighted by Crippen LogP contribution is 2.35. The first-order chi connectivity index (χ1) is 14.3. The number of amides is 1. The van der Waals surface area contributed by atoms with E-state index in [2.05, 4.69) is 16.4 Å². The van der Waals surface area contributed by atoms with Crippen molar-refractivity contribution in [1.29, 1.82) is 0 Å². The van der Waals surface area contributed by atoms with E-state index >= 15 is 0 Å². The number of nitrogens with one attached hydrogen (secondary N) is 1. The lowest BCUT2D eigenvalue weighted by Crippen LogP contribution is -2.14. The number of nitro groups is 1. The molecule has 3 aromatic rings. The lowest BCUT2D eigenvalue weighted by atomic mass is 10.0. The number of carbonyl (C=O) groups is 1. The van der Waals surface area contributed by atoms with Gasteiger partial charge < -0.3 is 9.47 Å². The van der Waals surface area contributed by atoms with Gasteiger partial charge in [-0.3, -0.25) is 20.2 Å². The van der Waals surface area contributed by atoms with Gasteiger partial charge in [0.1, 0.15) is 5.56 Å². The molecule has 156 valence electrons. The smallest absolute Gasteiger partial charge is 0.286 e. The van der Waals surface area contributed by atoms with E-state index in [4.69, 9.17) is 9.47 Å². The first-order valence-corrected chi connectivity index (χ1v) is 10.1. The Kier molecular flexibility index (Phi) is 6.31. The van der Waals surface area contributed by atoms with Crippen LogP contribution in [0.4, 0.5) is 10.8 Å². The number of nitrogens with zero attached hydrogens (tertiary/aromatic N) is 2. The Hall–Kier alpha value is -3.46. The molecule has 1 N–H and O–H groups in total. The van der Waals surface area contributed by atoms with Gasteiger partial charge in [-0.25, -0.2) is 4.98 Å². The van der Waals surface area contributed by atoms with E-state index in [0.717, 1.165) is 22.4 Å². The van der Waals surface area contributed by atoms with Crippen molar-refractivity contribution >= 4 is 28.1 Å². The average molecular weight is 427 g/mol. The summed E-state index contributed by atoms with van der Waals surface area (Å²) in [6.07, 6.45) is 0. The third-order valence-electron chi connectivity index (χ3n) is 4.41. The summed E-state index contributed by atoms with van der Waals surface area (Å²) < 4.78 is 10.6. The van der Waals surface area contributed by atoms with Gasteiger partial charge in [0, 0.05) is 17.0 Å². The Balaban J connectivity index is 1.91. The number of anilines is 1. The second-order valence-corrected chi connectivity index (χ2v) is 7.38. The van der Waals surface area contributed by atoms with Crippen LogP contribution in [0.3, 0.4) is 0 Å². The molecule has 0 saturated carbocycles. The maximum atomic E-state index is 12.8. The number of nitro benzene ring substituents is 1. The van der Waals surface area contributed by atoms with Gasteiger partial charge >= 0.3 is 0 Å². The number of methoxy groups -OCH3 is 1. The fourth-order valence-electron chi connectivity index (χ4n) is 3.03. The molecule has 2 aromatic carbocycles. The van der Waals surface area contributed by atoms with Crippen molar-refractivity contribution in [3.8, 4) is 22.8 Å². The van der Waals surface area contributed by atoms with Gasteiger partial charge in [-0.15, -0.1) is 11.3 Å². The maximum absolute atomic E-state index is 12.8. The summed E-state index contributed by atoms with van der Waals surface area (Å²) in [7, 11) is 1.38. The van der Waals surface area contributed by atoms with Crippen LogP contribution in [-0.2, 0) is 0 Å². The van der Waals surface area contributed by atoms with Gasteiger partial charge in [-0.2, -0.15) is 0 Å². The molecule has 1 amide bonds. The Bertz CT molecular complexity index is 1110. The monoisotopic (exact) mass is 427 g/mol. The van der Waals surface area contributed by atoms with Crippen molar-refractivity contribution in [3.05, 3.63) is 62.5 Å². The number of thiazole rings is 1. The second kappa shape index (κ2) is 8.91. The van der Waals surface area contributed by atoms with Crippen molar-refractivity contribution in [2.75, 3.05) is 19.0 Å². The largest absolute Gasteiger partial charge is 0.493 e. The summed E-state index contributed by atoms with van der Waals surface area (Å²) in [5.74, 6) is -0.204. The van der Waals surface area contributed by atoms with Crippen molar-refractivity contribution < 1.29 is 19.2 Å². The van der Waals surface area contributed by atoms with Gasteiger partial charge in [0.05, 0.1) is 30.4 Å². The topological polar surface area (TPSA) is 104 Å². The van der Waals surface area contributed by atoms with Gasteiger partial charge in [0.2, 0.25) is 0 Å². The molecule has 1 heterocycles. The lowest BCUT2D eigenvalue weighted by Gasteiger charge is -2.11. The molecule has 9 heteroatoms. The molecule has 0 bridgehead atoms. The van der Waals surface area contributed by atoms with Crippen LogP contribution < -0.4 is 14.8 Å². The number of rotatable bonds is 7. The SMILES string of the molecule is CCOc1cc(C(=O)Nc2nc(-c3ccc(C)cc3C)cs2)c([N+](=O)[O-])cc1OC. The fraction of sp³-hybridized carbons (Fsp3) is 0.238. The van der Waals surface area contributed by atoms with Gasteiger partial charge in [0.15, 0.2) is 16.6 Å². The van der Waals surface area contributed by atoms with Crippen molar-refractivity contribution in [3.63, 3.8) is 0 Å². The first kappa shape index (κ1) is 21.3. The summed E-state index contributed by atoms with van der Waals surface area (Å²) in [5.41, 5.74) is 3.41. The molecule has 3 rings (SSSR count). The number of aromatic nitrogens is 1. The Labute approximate surface area is 177 Å². The normalized spacial score (nSPS) is 10.5. The van der Waals surface area contributed by atoms with Crippen molar-refractivity contribution in [2.24, 2.45) is 0 Å². The Morgan fingerprint density at radius 3 is 2.63 bits per heavy atom. The van der Waals surface area contributed by atoms with Crippen molar-refractivity contribution in [2.45, 2.75) is 20.8 Å². The molecule has 0 aliphatic heterocycles. The van der Waals surface area contributed by atoms with E-state index < -0.39 is 10.8 Å². The quantitative estimate of drug-likeness (QED) is 0.421. The zero-order valence-electron chi connectivity index (χ0n) is 17.0. The Morgan fingerprint density at radius 1 is 1.23 bits per heavy atom. The molecule has 0 aliphatic carbocycles. The molecule has 0 unspecified atom stereocenters. The molecule has 0 spiro atoms. The van der Waals surface area contributed by atoms with Crippen LogP contribution in [0.15, 0.2) is 35.7 Å². The summed E-state index contributed by atoms with van der Waals surface area (Å²) in [6.45, 7) is 6.10. The van der Waals surface area contributed by atoms with E-state index in [1.807, 2.05) is 31.4 Å². The number of aryl methyl sites for hydroxylation is 2. The standard InChI is InChI=1S/C21H21N3O5S/c1-5-29-19-9-15(17(24(26)27)10-18(19)28-4)20(25)23-21-22-16(11-30-21)14-7-6-12(2)8-13(14)3/h6-11H,5H2,1-4H3,(H,22,23,25). The summed E-state index contributed by atoms with van der Waals surface area (Å²) in [5, 5.41) is 16.3. The summed E-state index contributed by atoms with van der Waals surface area (Å²) in [6, 6.07) is 8.53. The second-order valence-electron chi connectivity index (χ2n) is 6.52. The third-order valence-corrected chi connectivity index (χ3v) is 5.16. The van der Waals surface area contributed by atoms with Crippen LogP contribution in [0.2, 0.25) is 0 Å². The first-order valence-electron chi connectivity index (χ1n) is 9.17. The molecule has 0 saturated heterocycles. The molecule has 0 aliphatic rings. The van der Waals surface area contributed by atoms with E-state index in [1.54, 1.807) is 6.92 Å². The highest BCUT2D eigenvalue weighted by atomic mass is 32.1. The van der Waals surface area contributed by atoms with Gasteiger partial charge in [-0.05, 0) is 26.3 Å². The number of hydrogen-bond donors (Lipinski definition) is 1. The van der Waals surface area contributed by atoms with Crippen LogP contribution in [0.25, 0.3) is 11.3 Å². The molecular formula is C21H21N3O5S. The lowest BCUT2D eigenvalue weighted by molar-refractivity contribution is -0.385. The van der Waals surface area contributed by atoms with E-state index in [9.17, 15) is 14.9 Å². The molecule has 1 aromatic heterocycles. The maximum Gasteiger partial charge on any atom is 0.286 e. The zero-order chi connectivity index (χ0) is 21.8. The number of carbonyl (C=O) groups excluding carboxylic acids is 1. The van der Waals surface area contributed by atoms with Gasteiger partial charge in [-0.1, -0.05) is 23.8 Å². The highest BCUT2D eigenvalue weighted by molar-refractivity contribution is 7.14. The van der Waals surface area contributed by atoms with E-state index in [0.29, 0.717) is 11.7 Å². The third kappa shape index (κ3) is 4.41. The Morgan fingerprint density at radius 2 is 2.00 bits per heavy atom. The molecule has 0 atom stereocenters. The van der Waals surface area contributed by atoms with Crippen LogP contribution >= 0.6 is 11.3 Å². The molecule has 0 fully saturated rings. The predicted molar refractivity (Wildman–Crippen MR) is 116 cm³/mol. The molecular weight excluding hydrogens is 406 g/mol. The molecule has 8 nitrogen and oxygen atoms in total. The minimum absolute atomic E-state index is 0.132. The summed E-state index contributed by atoms with van der Waals surface area (Å²) >= 11 is 1.25.